The molecule has 0 aromatic carbocycles. The lowest BCUT2D eigenvalue weighted by atomic mass is 10.2. The highest BCUT2D eigenvalue weighted by Crippen LogP contribution is 2.20. The normalized spacial score (nSPS) is 16.5. The maximum atomic E-state index is 12.3. The maximum Gasteiger partial charge on any atom is 0.232 e. The van der Waals surface area contributed by atoms with E-state index in [0.29, 0.717) is 11.7 Å². The Bertz CT molecular complexity index is 474. The van der Waals surface area contributed by atoms with Crippen LogP contribution >= 0.6 is 11.8 Å². The number of carbonyl (C=O) groups excluding carboxylic acids is 1. The minimum absolute atomic E-state index is 0.251. The van der Waals surface area contributed by atoms with Gasteiger partial charge >= 0.3 is 0 Å². The predicted octanol–water partition coefficient (Wildman–Crippen LogP) is 2.32. The number of thioether (sulfide) groups is 1. The van der Waals surface area contributed by atoms with Crippen LogP contribution in [0.25, 0.3) is 0 Å². The van der Waals surface area contributed by atoms with Crippen LogP contribution in [0, 0.1) is 19.8 Å². The number of hydrogen-bond donors (Lipinski definition) is 0. The minimum Gasteiger partial charge on any atom is -0.361 e. The fourth-order valence-electron chi connectivity index (χ4n) is 2.74. The predicted molar refractivity (Wildman–Crippen MR) is 90.0 cm³/mol. The van der Waals surface area contributed by atoms with Gasteiger partial charge in [0, 0.05) is 44.0 Å². The highest BCUT2D eigenvalue weighted by atomic mass is 32.2. The molecule has 2 heterocycles. The molecule has 124 valence electrons. The summed E-state index contributed by atoms with van der Waals surface area (Å²) in [7, 11) is 0. The average Bonchev–Trinajstić information content (AvgIpc) is 2.79. The summed E-state index contributed by atoms with van der Waals surface area (Å²) in [6.45, 7) is 13.2. The summed E-state index contributed by atoms with van der Waals surface area (Å²) in [5.41, 5.74) is 2.05. The Kier molecular flexibility index (Phi) is 6.32. The second-order valence-electron chi connectivity index (χ2n) is 6.37. The molecule has 1 aliphatic heterocycles. The van der Waals surface area contributed by atoms with Gasteiger partial charge in [-0.1, -0.05) is 19.0 Å². The van der Waals surface area contributed by atoms with E-state index < -0.39 is 0 Å². The van der Waals surface area contributed by atoms with Crippen molar-refractivity contribution in [2.45, 2.75) is 33.4 Å². The Labute approximate surface area is 137 Å². The number of aryl methyl sites for hydroxylation is 2. The molecule has 0 aliphatic carbocycles. The zero-order valence-corrected chi connectivity index (χ0v) is 14.9. The summed E-state index contributed by atoms with van der Waals surface area (Å²) in [6.07, 6.45) is 0. The molecule has 0 radical (unpaired) electrons. The molecule has 1 aromatic rings. The van der Waals surface area contributed by atoms with Crippen molar-refractivity contribution >= 4 is 17.7 Å². The van der Waals surface area contributed by atoms with E-state index in [4.69, 9.17) is 4.52 Å². The van der Waals surface area contributed by atoms with E-state index in [9.17, 15) is 4.79 Å². The van der Waals surface area contributed by atoms with E-state index in [0.717, 1.165) is 55.5 Å². The van der Waals surface area contributed by atoms with E-state index >= 15 is 0 Å². The minimum atomic E-state index is 0.251. The Hall–Kier alpha value is -1.01. The van der Waals surface area contributed by atoms with Crippen molar-refractivity contribution in [3.8, 4) is 0 Å². The Morgan fingerprint density at radius 2 is 1.95 bits per heavy atom. The lowest BCUT2D eigenvalue weighted by molar-refractivity contribution is -0.130. The highest BCUT2D eigenvalue weighted by molar-refractivity contribution is 7.99. The van der Waals surface area contributed by atoms with Crippen LogP contribution in [0.3, 0.4) is 0 Å². The van der Waals surface area contributed by atoms with Crippen molar-refractivity contribution in [1.82, 2.24) is 15.0 Å². The van der Waals surface area contributed by atoms with Gasteiger partial charge in [-0.2, -0.15) is 0 Å². The molecule has 6 heteroatoms. The third kappa shape index (κ3) is 4.74. The average molecular weight is 325 g/mol. The van der Waals surface area contributed by atoms with E-state index in [1.807, 2.05) is 18.7 Å². The largest absolute Gasteiger partial charge is 0.361 e. The molecule has 1 aliphatic rings. The van der Waals surface area contributed by atoms with Crippen molar-refractivity contribution in [3.63, 3.8) is 0 Å². The first-order valence-corrected chi connectivity index (χ1v) is 9.12. The smallest absolute Gasteiger partial charge is 0.232 e. The molecule has 22 heavy (non-hydrogen) atoms. The number of aromatic nitrogens is 1. The van der Waals surface area contributed by atoms with Gasteiger partial charge in [0.15, 0.2) is 0 Å². The standard InChI is InChI=1S/C16H27N3O2S/c1-12(2)9-18-5-7-19(8-6-18)16(20)11-22-10-15-13(3)17-21-14(15)4/h12H,5-11H2,1-4H3. The van der Waals surface area contributed by atoms with Gasteiger partial charge in [-0.3, -0.25) is 9.69 Å². The molecule has 0 atom stereocenters. The molecule has 0 unspecified atom stereocenters. The molecular formula is C16H27N3O2S. The van der Waals surface area contributed by atoms with E-state index in [2.05, 4.69) is 23.9 Å². The first-order chi connectivity index (χ1) is 10.5. The van der Waals surface area contributed by atoms with Crippen LogP contribution in [-0.2, 0) is 10.5 Å². The highest BCUT2D eigenvalue weighted by Gasteiger charge is 2.21. The van der Waals surface area contributed by atoms with Crippen molar-refractivity contribution in [1.29, 1.82) is 0 Å². The monoisotopic (exact) mass is 325 g/mol. The SMILES string of the molecule is Cc1noc(C)c1CSCC(=O)N1CCN(CC(C)C)CC1. The quantitative estimate of drug-likeness (QED) is 0.803. The third-order valence-electron chi connectivity index (χ3n) is 4.00. The van der Waals surface area contributed by atoms with Gasteiger partial charge in [0.05, 0.1) is 11.4 Å². The fraction of sp³-hybridized carbons (Fsp3) is 0.750. The number of amides is 1. The second kappa shape index (κ2) is 8.02. The van der Waals surface area contributed by atoms with E-state index in [1.54, 1.807) is 11.8 Å². The lowest BCUT2D eigenvalue weighted by Crippen LogP contribution is -2.50. The van der Waals surface area contributed by atoms with Crippen LogP contribution in [-0.4, -0.2) is 59.3 Å². The molecule has 2 rings (SSSR count). The van der Waals surface area contributed by atoms with Gasteiger partial charge < -0.3 is 9.42 Å². The van der Waals surface area contributed by atoms with Crippen molar-refractivity contribution in [2.24, 2.45) is 5.92 Å². The topological polar surface area (TPSA) is 49.6 Å². The zero-order chi connectivity index (χ0) is 16.1. The summed E-state index contributed by atoms with van der Waals surface area (Å²) in [5, 5.41) is 3.95. The number of rotatable bonds is 6. The molecule has 0 bridgehead atoms. The summed E-state index contributed by atoms with van der Waals surface area (Å²) in [6, 6.07) is 0. The molecule has 1 aromatic heterocycles. The summed E-state index contributed by atoms with van der Waals surface area (Å²) >= 11 is 1.65. The van der Waals surface area contributed by atoms with Crippen LogP contribution in [0.5, 0.6) is 0 Å². The Balaban J connectivity index is 1.70. The second-order valence-corrected chi connectivity index (χ2v) is 7.36. The van der Waals surface area contributed by atoms with Gasteiger partial charge in [-0.25, -0.2) is 0 Å². The molecule has 0 saturated carbocycles. The fourth-order valence-corrected chi connectivity index (χ4v) is 3.81. The first-order valence-electron chi connectivity index (χ1n) is 7.97. The van der Waals surface area contributed by atoms with Crippen LogP contribution in [0.1, 0.15) is 30.9 Å². The number of carbonyl (C=O) groups is 1. The van der Waals surface area contributed by atoms with Crippen molar-refractivity contribution < 1.29 is 9.32 Å². The summed E-state index contributed by atoms with van der Waals surface area (Å²) < 4.78 is 5.15. The Morgan fingerprint density at radius 3 is 2.50 bits per heavy atom. The third-order valence-corrected chi connectivity index (χ3v) is 4.95. The van der Waals surface area contributed by atoms with E-state index in [1.165, 1.54) is 0 Å². The number of piperazine rings is 1. The molecule has 0 N–H and O–H groups in total. The molecule has 1 amide bonds. The molecule has 1 fully saturated rings. The molecule has 1 saturated heterocycles. The van der Waals surface area contributed by atoms with Crippen molar-refractivity contribution in [3.05, 3.63) is 17.0 Å². The van der Waals surface area contributed by atoms with Crippen LogP contribution in [0.2, 0.25) is 0 Å². The van der Waals surface area contributed by atoms with E-state index in [-0.39, 0.29) is 5.91 Å². The number of nitrogens with zero attached hydrogens (tertiary/aromatic N) is 3. The van der Waals surface area contributed by atoms with Gasteiger partial charge in [0.2, 0.25) is 5.91 Å². The molecule has 5 nitrogen and oxygen atoms in total. The number of hydrogen-bond acceptors (Lipinski definition) is 5. The zero-order valence-electron chi connectivity index (χ0n) is 14.1. The Morgan fingerprint density at radius 1 is 1.27 bits per heavy atom. The van der Waals surface area contributed by atoms with Gasteiger partial charge in [0.1, 0.15) is 5.76 Å². The first kappa shape index (κ1) is 17.3. The van der Waals surface area contributed by atoms with Crippen LogP contribution in [0.4, 0.5) is 0 Å². The maximum absolute atomic E-state index is 12.3. The molecule has 0 spiro atoms. The van der Waals surface area contributed by atoms with Crippen LogP contribution < -0.4 is 0 Å². The summed E-state index contributed by atoms with van der Waals surface area (Å²) in [4.78, 5) is 16.7. The van der Waals surface area contributed by atoms with Crippen LogP contribution in [0.15, 0.2) is 4.52 Å². The van der Waals surface area contributed by atoms with Gasteiger partial charge in [-0.15, -0.1) is 11.8 Å². The van der Waals surface area contributed by atoms with Crippen molar-refractivity contribution in [2.75, 3.05) is 38.5 Å². The van der Waals surface area contributed by atoms with Gasteiger partial charge in [0.25, 0.3) is 0 Å². The summed E-state index contributed by atoms with van der Waals surface area (Å²) in [5.74, 6) is 3.13. The van der Waals surface area contributed by atoms with Gasteiger partial charge in [-0.05, 0) is 19.8 Å². The lowest BCUT2D eigenvalue weighted by Gasteiger charge is -2.35. The molecular weight excluding hydrogens is 298 g/mol.